The molecule has 0 saturated carbocycles. The van der Waals surface area contributed by atoms with Crippen molar-refractivity contribution in [3.8, 4) is 0 Å². The first kappa shape index (κ1) is 60.3. The van der Waals surface area contributed by atoms with Gasteiger partial charge in [0.25, 0.3) is 5.91 Å². The summed E-state index contributed by atoms with van der Waals surface area (Å²) in [5, 5.41) is 14.4. The van der Waals surface area contributed by atoms with E-state index in [4.69, 9.17) is 9.47 Å². The number of methoxy groups -OCH3 is 2. The van der Waals surface area contributed by atoms with Gasteiger partial charge in [0.1, 0.15) is 24.5 Å². The molecule has 1 aliphatic rings. The molecule has 0 radical (unpaired) electrons. The third-order valence-corrected chi connectivity index (χ3v) is 14.0. The van der Waals surface area contributed by atoms with E-state index in [9.17, 15) is 33.6 Å². The maximum atomic E-state index is 14.3. The van der Waals surface area contributed by atoms with Crippen molar-refractivity contribution in [2.45, 2.75) is 148 Å². The molecule has 3 rings (SSSR count). The standard InChI is InChI=1S/C51H81BrN10O9/c1-15-31(6)44(61(12)51(69)42(29(2)3)59-50(68)43(30(4)5)60(10)11)40(70-13)25-41(63)62-23-17-20-39(62)45(71-14)32(7)46(64)54-22-21-35-18-16-19-36(24-35)58-48(66)34(9)56-47(65)33(8)57-49(67)37-27-53-28-55-38(37)26-52/h16,18-19,24,27-34,39-40,42-45H,15,17,20-23,25-26H2,1-14H3,(H,54,64)(H,56,65)(H,57,67)(H,58,66)(H,59,68)/t31-,32+,33-,34-,39-,40+,42-,43-,44-,45+/m0/s1. The third kappa shape index (κ3) is 16.8. The van der Waals surface area contributed by atoms with Crippen LogP contribution in [0.3, 0.4) is 0 Å². The number of anilines is 1. The topological polar surface area (TPSA) is 234 Å². The number of amides is 7. The Balaban J connectivity index is 1.61. The van der Waals surface area contributed by atoms with Crippen molar-refractivity contribution in [1.29, 1.82) is 0 Å². The molecule has 1 aliphatic heterocycles. The second-order valence-electron chi connectivity index (χ2n) is 19.6. The van der Waals surface area contributed by atoms with Crippen LogP contribution in [0.15, 0.2) is 36.8 Å². The van der Waals surface area contributed by atoms with Crippen molar-refractivity contribution in [3.63, 3.8) is 0 Å². The lowest BCUT2D eigenvalue weighted by molar-refractivity contribution is -0.148. The molecule has 2 heterocycles. The molecule has 0 bridgehead atoms. The number of ether oxygens (including phenoxy) is 2. The third-order valence-electron chi connectivity index (χ3n) is 13.5. The van der Waals surface area contributed by atoms with Gasteiger partial charge in [-0.15, -0.1) is 0 Å². The lowest BCUT2D eigenvalue weighted by Crippen LogP contribution is -2.59. The van der Waals surface area contributed by atoms with Gasteiger partial charge in [-0.2, -0.15) is 0 Å². The summed E-state index contributed by atoms with van der Waals surface area (Å²) in [4.78, 5) is 108. The zero-order valence-corrected chi connectivity index (χ0v) is 45.9. The number of rotatable bonds is 27. The Bertz CT molecular complexity index is 2100. The fraction of sp³-hybridized carbons (Fsp3) is 0.667. The number of hydrogen-bond donors (Lipinski definition) is 5. The molecular weight excluding hydrogens is 977 g/mol. The van der Waals surface area contributed by atoms with Crippen LogP contribution < -0.4 is 26.6 Å². The molecular formula is C51H81BrN10O9. The van der Waals surface area contributed by atoms with Gasteiger partial charge in [0.05, 0.1) is 53.9 Å². The Morgan fingerprint density at radius 2 is 1.54 bits per heavy atom. The smallest absolute Gasteiger partial charge is 0.255 e. The second kappa shape index (κ2) is 28.9. The number of likely N-dealkylation sites (N-methyl/N-ethyl adjacent to an activating group) is 2. The average molecular weight is 1060 g/mol. The summed E-state index contributed by atoms with van der Waals surface area (Å²) >= 11 is 3.29. The molecule has 10 atom stereocenters. The van der Waals surface area contributed by atoms with E-state index in [0.29, 0.717) is 49.1 Å². The molecule has 2 aromatic rings. The molecule has 71 heavy (non-hydrogen) atoms. The minimum atomic E-state index is -0.951. The van der Waals surface area contributed by atoms with Gasteiger partial charge in [0, 0.05) is 51.6 Å². The molecule has 1 aromatic heterocycles. The summed E-state index contributed by atoms with van der Waals surface area (Å²) < 4.78 is 12.0. The number of halogens is 1. The number of nitrogens with zero attached hydrogens (tertiary/aromatic N) is 5. The lowest BCUT2D eigenvalue weighted by atomic mass is 9.89. The van der Waals surface area contributed by atoms with Crippen molar-refractivity contribution in [2.24, 2.45) is 23.7 Å². The van der Waals surface area contributed by atoms with Crippen LogP contribution in [0, 0.1) is 23.7 Å². The number of alkyl halides is 1. The van der Waals surface area contributed by atoms with Crippen molar-refractivity contribution in [2.75, 3.05) is 53.8 Å². The summed E-state index contributed by atoms with van der Waals surface area (Å²) in [7, 11) is 8.52. The number of nitrogens with one attached hydrogen (secondary N) is 5. The van der Waals surface area contributed by atoms with E-state index in [1.54, 1.807) is 56.2 Å². The molecule has 20 heteroatoms. The largest absolute Gasteiger partial charge is 0.379 e. The van der Waals surface area contributed by atoms with Crippen LogP contribution in [0.1, 0.15) is 110 Å². The maximum Gasteiger partial charge on any atom is 0.255 e. The van der Waals surface area contributed by atoms with E-state index in [1.807, 2.05) is 66.6 Å². The summed E-state index contributed by atoms with van der Waals surface area (Å²) in [6, 6.07) is 3.23. The van der Waals surface area contributed by atoms with Crippen molar-refractivity contribution in [3.05, 3.63) is 53.6 Å². The van der Waals surface area contributed by atoms with Gasteiger partial charge in [0.2, 0.25) is 35.4 Å². The highest BCUT2D eigenvalue weighted by molar-refractivity contribution is 9.08. The van der Waals surface area contributed by atoms with Crippen molar-refractivity contribution >= 4 is 63.0 Å². The minimum Gasteiger partial charge on any atom is -0.379 e. The van der Waals surface area contributed by atoms with Gasteiger partial charge in [0.15, 0.2) is 0 Å². The monoisotopic (exact) mass is 1060 g/mol. The molecule has 396 valence electrons. The van der Waals surface area contributed by atoms with Crippen LogP contribution in [-0.4, -0.2) is 163 Å². The molecule has 5 N–H and O–H groups in total. The minimum absolute atomic E-state index is 0.00161. The second-order valence-corrected chi connectivity index (χ2v) is 20.2. The van der Waals surface area contributed by atoms with Gasteiger partial charge in [-0.1, -0.05) is 82.9 Å². The molecule has 0 aliphatic carbocycles. The first-order valence-electron chi connectivity index (χ1n) is 24.7. The molecule has 19 nitrogen and oxygen atoms in total. The van der Waals surface area contributed by atoms with Gasteiger partial charge >= 0.3 is 0 Å². The van der Waals surface area contributed by atoms with Gasteiger partial charge in [-0.25, -0.2) is 9.97 Å². The van der Waals surface area contributed by atoms with Crippen LogP contribution >= 0.6 is 15.9 Å². The predicted octanol–water partition coefficient (Wildman–Crippen LogP) is 3.94. The van der Waals surface area contributed by atoms with Crippen molar-refractivity contribution < 1.29 is 43.0 Å². The Hall–Kier alpha value is -5.05. The highest BCUT2D eigenvalue weighted by Gasteiger charge is 2.43. The first-order chi connectivity index (χ1) is 33.5. The van der Waals surface area contributed by atoms with E-state index in [0.717, 1.165) is 12.0 Å². The maximum absolute atomic E-state index is 14.3. The Morgan fingerprint density at radius 3 is 2.13 bits per heavy atom. The number of hydrogen-bond acceptors (Lipinski definition) is 12. The molecule has 0 unspecified atom stereocenters. The van der Waals surface area contributed by atoms with Crippen LogP contribution in [0.2, 0.25) is 0 Å². The van der Waals surface area contributed by atoms with E-state index >= 15 is 0 Å². The van der Waals surface area contributed by atoms with Crippen LogP contribution in [0.5, 0.6) is 0 Å². The number of aromatic nitrogens is 2. The van der Waals surface area contributed by atoms with Gasteiger partial charge < -0.3 is 45.9 Å². The Morgan fingerprint density at radius 1 is 0.859 bits per heavy atom. The number of carbonyl (C=O) groups is 7. The molecule has 1 saturated heterocycles. The molecule has 0 spiro atoms. The van der Waals surface area contributed by atoms with Crippen molar-refractivity contribution in [1.82, 2.24) is 45.9 Å². The average Bonchev–Trinajstić information content (AvgIpc) is 3.82. The highest BCUT2D eigenvalue weighted by atomic mass is 79.9. The number of benzene rings is 1. The fourth-order valence-electron chi connectivity index (χ4n) is 9.35. The van der Waals surface area contributed by atoms with Crippen LogP contribution in [0.25, 0.3) is 0 Å². The van der Waals surface area contributed by atoms with Gasteiger partial charge in [-0.3, -0.25) is 38.5 Å². The lowest BCUT2D eigenvalue weighted by Gasteiger charge is -2.41. The first-order valence-corrected chi connectivity index (χ1v) is 25.9. The highest BCUT2D eigenvalue weighted by Crippen LogP contribution is 2.30. The Labute approximate surface area is 429 Å². The van der Waals surface area contributed by atoms with E-state index in [1.165, 1.54) is 26.4 Å². The quantitative estimate of drug-likeness (QED) is 0.0802. The molecule has 1 fully saturated rings. The van der Waals surface area contributed by atoms with Gasteiger partial charge in [-0.05, 0) is 82.7 Å². The number of likely N-dealkylation sites (tertiary alicyclic amines) is 1. The Kier molecular flexibility index (Phi) is 24.5. The van der Waals surface area contributed by atoms with E-state index in [-0.39, 0.29) is 59.4 Å². The van der Waals surface area contributed by atoms with Crippen LogP contribution in [-0.2, 0) is 50.0 Å². The summed E-state index contributed by atoms with van der Waals surface area (Å²) in [6.07, 6.45) is 3.98. The zero-order chi connectivity index (χ0) is 53.3. The fourth-order valence-corrected chi connectivity index (χ4v) is 9.80. The normalized spacial score (nSPS) is 17.5. The molecule has 7 amide bonds. The SMILES string of the molecule is CC[C@H](C)[C@@H]([C@@H](CC(=O)N1CCC[C@H]1[C@H](OC)[C@@H](C)C(=O)NCCc1cccc(NC(=O)[C@H](C)NC(=O)[C@H](C)NC(=O)c2cncnc2CBr)c1)OC)N(C)C(=O)[C@@H](NC(=O)[C@H](C(C)C)N(C)C)C(C)C. The summed E-state index contributed by atoms with van der Waals surface area (Å²) in [5.41, 5.74) is 2.05. The van der Waals surface area contributed by atoms with Crippen LogP contribution in [0.4, 0.5) is 5.69 Å². The summed E-state index contributed by atoms with van der Waals surface area (Å²) in [6.45, 7) is 17.4. The molecule has 1 aromatic carbocycles. The zero-order valence-electron chi connectivity index (χ0n) is 44.3. The van der Waals surface area contributed by atoms with E-state index < -0.39 is 66.1 Å². The predicted molar refractivity (Wildman–Crippen MR) is 276 cm³/mol. The summed E-state index contributed by atoms with van der Waals surface area (Å²) in [5.74, 6) is -3.24. The van der Waals surface area contributed by atoms with E-state index in [2.05, 4.69) is 52.5 Å². The number of carbonyl (C=O) groups excluding carboxylic acids is 7.